The van der Waals surface area contributed by atoms with Gasteiger partial charge in [0.05, 0.1) is 39.2 Å². The van der Waals surface area contributed by atoms with Crippen molar-refractivity contribution in [3.05, 3.63) is 98.5 Å². The van der Waals surface area contributed by atoms with Crippen LogP contribution in [0.1, 0.15) is 16.2 Å². The van der Waals surface area contributed by atoms with Gasteiger partial charge in [0.15, 0.2) is 0 Å². The van der Waals surface area contributed by atoms with Gasteiger partial charge in [0.1, 0.15) is 11.5 Å². The van der Waals surface area contributed by atoms with Gasteiger partial charge in [-0.2, -0.15) is 5.10 Å². The Balaban J connectivity index is 1.72. The van der Waals surface area contributed by atoms with E-state index in [1.54, 1.807) is 48.5 Å². The molecule has 0 unspecified atom stereocenters. The van der Waals surface area contributed by atoms with Crippen molar-refractivity contribution in [3.8, 4) is 16.9 Å². The first-order valence-electron chi connectivity index (χ1n) is 9.03. The summed E-state index contributed by atoms with van der Waals surface area (Å²) in [5.74, 6) is 0.215. The number of nitrogens with zero attached hydrogens (tertiary/aromatic N) is 3. The quantitative estimate of drug-likeness (QED) is 0.314. The van der Waals surface area contributed by atoms with Crippen molar-refractivity contribution >= 4 is 34.8 Å². The average Bonchev–Trinajstić information content (AvgIpc) is 3.44. The van der Waals surface area contributed by atoms with E-state index in [2.05, 4.69) is 10.4 Å². The molecule has 0 bridgehead atoms. The zero-order valence-corrected chi connectivity index (χ0v) is 17.3. The number of furan rings is 1. The number of carbonyl (C=O) groups is 1. The lowest BCUT2D eigenvalue weighted by Gasteiger charge is -2.08. The van der Waals surface area contributed by atoms with E-state index in [1.165, 1.54) is 23.1 Å². The maximum absolute atomic E-state index is 12.9. The van der Waals surface area contributed by atoms with Gasteiger partial charge in [-0.15, -0.1) is 0 Å². The lowest BCUT2D eigenvalue weighted by molar-refractivity contribution is -0.384. The molecule has 0 saturated carbocycles. The molecule has 0 fully saturated rings. The molecular formula is C21H14Cl2N4O4. The third-order valence-electron chi connectivity index (χ3n) is 4.47. The second-order valence-electron chi connectivity index (χ2n) is 6.49. The van der Waals surface area contributed by atoms with Crippen LogP contribution in [-0.4, -0.2) is 20.6 Å². The molecule has 10 heteroatoms. The Morgan fingerprint density at radius 3 is 2.52 bits per heavy atom. The highest BCUT2D eigenvalue weighted by Crippen LogP contribution is 2.28. The highest BCUT2D eigenvalue weighted by molar-refractivity contribution is 6.42. The molecule has 156 valence electrons. The van der Waals surface area contributed by atoms with Crippen LogP contribution in [0.3, 0.4) is 0 Å². The minimum absolute atomic E-state index is 0.0379. The number of carbonyl (C=O) groups excluding carboxylic acids is 1. The lowest BCUT2D eigenvalue weighted by atomic mass is 10.1. The standard InChI is InChI=1S/C21H14Cl2N4O4/c22-17-8-7-15(10-18(17)23)26-20(21(28)24-12-16-2-1-9-31-16)11-19(25-26)13-3-5-14(6-4-13)27(29)30/h1-11H,12H2,(H,24,28). The molecule has 1 N–H and O–H groups in total. The molecule has 31 heavy (non-hydrogen) atoms. The zero-order chi connectivity index (χ0) is 22.0. The Bertz CT molecular complexity index is 1250. The topological polar surface area (TPSA) is 103 Å². The van der Waals surface area contributed by atoms with Crippen molar-refractivity contribution in [3.63, 3.8) is 0 Å². The van der Waals surface area contributed by atoms with Crippen LogP contribution >= 0.6 is 23.2 Å². The molecule has 0 atom stereocenters. The maximum Gasteiger partial charge on any atom is 0.270 e. The van der Waals surface area contributed by atoms with Crippen LogP contribution in [0, 0.1) is 10.1 Å². The van der Waals surface area contributed by atoms with E-state index >= 15 is 0 Å². The fourth-order valence-corrected chi connectivity index (χ4v) is 3.21. The second-order valence-corrected chi connectivity index (χ2v) is 7.31. The first kappa shape index (κ1) is 20.6. The molecular weight excluding hydrogens is 443 g/mol. The summed E-state index contributed by atoms with van der Waals surface area (Å²) in [7, 11) is 0. The molecule has 2 aromatic heterocycles. The number of nitrogens with one attached hydrogen (secondary N) is 1. The Morgan fingerprint density at radius 2 is 1.87 bits per heavy atom. The molecule has 4 rings (SSSR count). The van der Waals surface area contributed by atoms with Crippen molar-refractivity contribution in [2.75, 3.05) is 0 Å². The van der Waals surface area contributed by atoms with E-state index < -0.39 is 4.92 Å². The molecule has 0 aliphatic heterocycles. The molecule has 0 radical (unpaired) electrons. The smallest absolute Gasteiger partial charge is 0.270 e. The molecule has 0 spiro atoms. The summed E-state index contributed by atoms with van der Waals surface area (Å²) < 4.78 is 6.69. The fourth-order valence-electron chi connectivity index (χ4n) is 2.92. The Kier molecular flexibility index (Phi) is 5.75. The zero-order valence-electron chi connectivity index (χ0n) is 15.8. The molecule has 0 aliphatic rings. The molecule has 2 aromatic carbocycles. The number of hydrogen-bond acceptors (Lipinski definition) is 5. The van der Waals surface area contributed by atoms with Gasteiger partial charge < -0.3 is 9.73 Å². The minimum atomic E-state index is -0.481. The van der Waals surface area contributed by atoms with Gasteiger partial charge in [0.2, 0.25) is 0 Å². The van der Waals surface area contributed by atoms with Gasteiger partial charge in [-0.1, -0.05) is 23.2 Å². The van der Waals surface area contributed by atoms with Crippen LogP contribution < -0.4 is 5.32 Å². The molecule has 0 aliphatic carbocycles. The van der Waals surface area contributed by atoms with Crippen molar-refractivity contribution in [2.45, 2.75) is 6.54 Å². The number of nitro benzene ring substituents is 1. The van der Waals surface area contributed by atoms with Crippen LogP contribution in [0.25, 0.3) is 16.9 Å². The number of nitro groups is 1. The Hall–Kier alpha value is -3.62. The Morgan fingerprint density at radius 1 is 1.10 bits per heavy atom. The average molecular weight is 457 g/mol. The third-order valence-corrected chi connectivity index (χ3v) is 5.21. The normalized spacial score (nSPS) is 10.8. The summed E-state index contributed by atoms with van der Waals surface area (Å²) in [6, 6.07) is 15.9. The summed E-state index contributed by atoms with van der Waals surface area (Å²) in [6.45, 7) is 0.200. The van der Waals surface area contributed by atoms with Gasteiger partial charge in [0, 0.05) is 17.7 Å². The van der Waals surface area contributed by atoms with Gasteiger partial charge in [0.25, 0.3) is 11.6 Å². The SMILES string of the molecule is O=C(NCc1ccco1)c1cc(-c2ccc([N+](=O)[O-])cc2)nn1-c1ccc(Cl)c(Cl)c1. The van der Waals surface area contributed by atoms with Crippen LogP contribution in [0.4, 0.5) is 5.69 Å². The molecule has 1 amide bonds. The highest BCUT2D eigenvalue weighted by atomic mass is 35.5. The number of halogens is 2. The summed E-state index contributed by atoms with van der Waals surface area (Å²) in [6.07, 6.45) is 1.52. The number of benzene rings is 2. The van der Waals surface area contributed by atoms with E-state index in [-0.39, 0.29) is 23.8 Å². The number of non-ortho nitro benzene ring substituents is 1. The van der Waals surface area contributed by atoms with Gasteiger partial charge in [-0.3, -0.25) is 14.9 Å². The molecule has 2 heterocycles. The molecule has 4 aromatic rings. The molecule has 0 saturated heterocycles. The van der Waals surface area contributed by atoms with Gasteiger partial charge in [-0.25, -0.2) is 4.68 Å². The predicted molar refractivity (Wildman–Crippen MR) is 116 cm³/mol. The number of amides is 1. The maximum atomic E-state index is 12.9. The van der Waals surface area contributed by atoms with E-state index in [0.717, 1.165) is 0 Å². The van der Waals surface area contributed by atoms with Gasteiger partial charge >= 0.3 is 0 Å². The fraction of sp³-hybridized carbons (Fsp3) is 0.0476. The van der Waals surface area contributed by atoms with Gasteiger partial charge in [-0.05, 0) is 48.5 Å². The Labute approximate surface area is 186 Å². The minimum Gasteiger partial charge on any atom is -0.467 e. The lowest BCUT2D eigenvalue weighted by Crippen LogP contribution is -2.25. The molecule has 8 nitrogen and oxygen atoms in total. The van der Waals surface area contributed by atoms with E-state index in [0.29, 0.717) is 32.8 Å². The first-order valence-corrected chi connectivity index (χ1v) is 9.79. The summed E-state index contributed by atoms with van der Waals surface area (Å²) in [5, 5.41) is 18.9. The van der Waals surface area contributed by atoms with Crippen molar-refractivity contribution in [2.24, 2.45) is 0 Å². The van der Waals surface area contributed by atoms with Crippen LogP contribution in [0.2, 0.25) is 10.0 Å². The van der Waals surface area contributed by atoms with Crippen LogP contribution in [0.15, 0.2) is 71.3 Å². The number of aromatic nitrogens is 2. The van der Waals surface area contributed by atoms with Crippen LogP contribution in [0.5, 0.6) is 0 Å². The van der Waals surface area contributed by atoms with Crippen molar-refractivity contribution in [1.29, 1.82) is 0 Å². The second kappa shape index (κ2) is 8.63. The van der Waals surface area contributed by atoms with E-state index in [1.807, 2.05) is 0 Å². The van der Waals surface area contributed by atoms with Crippen molar-refractivity contribution in [1.82, 2.24) is 15.1 Å². The number of rotatable bonds is 6. The predicted octanol–water partition coefficient (Wildman–Crippen LogP) is 5.28. The van der Waals surface area contributed by atoms with Crippen molar-refractivity contribution < 1.29 is 14.1 Å². The monoisotopic (exact) mass is 456 g/mol. The third kappa shape index (κ3) is 4.45. The largest absolute Gasteiger partial charge is 0.467 e. The van der Waals surface area contributed by atoms with E-state index in [4.69, 9.17) is 27.6 Å². The highest BCUT2D eigenvalue weighted by Gasteiger charge is 2.19. The van der Waals surface area contributed by atoms with Crippen LogP contribution in [-0.2, 0) is 6.54 Å². The summed E-state index contributed by atoms with van der Waals surface area (Å²) in [4.78, 5) is 23.3. The van der Waals surface area contributed by atoms with E-state index in [9.17, 15) is 14.9 Å². The summed E-state index contributed by atoms with van der Waals surface area (Å²) >= 11 is 12.2. The first-order chi connectivity index (χ1) is 14.9. The number of hydrogen-bond donors (Lipinski definition) is 1. The summed E-state index contributed by atoms with van der Waals surface area (Å²) in [5.41, 5.74) is 1.82.